The minimum atomic E-state index is -0.664. The van der Waals surface area contributed by atoms with Gasteiger partial charge >= 0.3 is 12.1 Å². The highest BCUT2D eigenvalue weighted by atomic mass is 16.6. The Kier molecular flexibility index (Phi) is 8.85. The molecule has 2 N–H and O–H groups in total. The molecule has 0 bridgehead atoms. The molecule has 3 aliphatic rings. The highest BCUT2D eigenvalue weighted by Crippen LogP contribution is 2.44. The first-order chi connectivity index (χ1) is 20.1. The lowest BCUT2D eigenvalue weighted by Crippen LogP contribution is -2.55. The monoisotopic (exact) mass is 578 g/mol. The van der Waals surface area contributed by atoms with Crippen molar-refractivity contribution in [2.45, 2.75) is 96.7 Å². The highest BCUT2D eigenvalue weighted by molar-refractivity contribution is 5.88. The zero-order chi connectivity index (χ0) is 30.0. The van der Waals surface area contributed by atoms with Gasteiger partial charge in [-0.3, -0.25) is 9.59 Å². The van der Waals surface area contributed by atoms with Crippen molar-refractivity contribution in [3.05, 3.63) is 47.3 Å². The minimum absolute atomic E-state index is 0.0492. The van der Waals surface area contributed by atoms with Gasteiger partial charge in [0, 0.05) is 41.8 Å². The first-order valence-corrected chi connectivity index (χ1v) is 15.6. The van der Waals surface area contributed by atoms with E-state index in [2.05, 4.69) is 52.6 Å². The van der Waals surface area contributed by atoms with E-state index in [1.54, 1.807) is 0 Å². The SMILES string of the molecule is CCOC(=O)CN1CC(c2c[nH]c3cc(CC)ccc23)C2C1=CCN2C(=O)C(NC(=O)OC(C)(C)C)C1CCCCC1. The zero-order valence-electron chi connectivity index (χ0n) is 25.7. The van der Waals surface area contributed by atoms with Crippen LogP contribution in [0.4, 0.5) is 4.79 Å². The summed E-state index contributed by atoms with van der Waals surface area (Å²) < 4.78 is 10.9. The molecule has 2 fully saturated rings. The summed E-state index contributed by atoms with van der Waals surface area (Å²) in [6.45, 7) is 10.9. The standard InChI is InChI=1S/C33H46N4O5/c1-6-21-13-14-23-24(18-34-26(23)17-21)25-19-36(20-28(38)41-7-2)27-15-16-37(30(25)27)31(39)29(22-11-9-8-10-12-22)35-32(40)42-33(3,4)5/h13-15,17-18,22,25,29-30,34H,6-12,16,19-20H2,1-5H3,(H,35,40). The van der Waals surface area contributed by atoms with Crippen LogP contribution in [0.1, 0.15) is 83.8 Å². The normalized spacial score (nSPS) is 21.7. The lowest BCUT2D eigenvalue weighted by molar-refractivity contribution is -0.143. The summed E-state index contributed by atoms with van der Waals surface area (Å²) in [6.07, 6.45) is 9.53. The number of aromatic amines is 1. The average Bonchev–Trinajstić information content (AvgIpc) is 3.66. The molecule has 1 saturated heterocycles. The highest BCUT2D eigenvalue weighted by Gasteiger charge is 2.49. The molecule has 3 heterocycles. The molecule has 228 valence electrons. The van der Waals surface area contributed by atoms with Crippen molar-refractivity contribution in [2.75, 3.05) is 26.2 Å². The van der Waals surface area contributed by atoms with Gasteiger partial charge in [-0.25, -0.2) is 4.79 Å². The molecular weight excluding hydrogens is 532 g/mol. The minimum Gasteiger partial charge on any atom is -0.465 e. The van der Waals surface area contributed by atoms with Crippen LogP contribution in [0.5, 0.6) is 0 Å². The quantitative estimate of drug-likeness (QED) is 0.414. The van der Waals surface area contributed by atoms with E-state index in [9.17, 15) is 14.4 Å². The molecule has 2 aromatic rings. The van der Waals surface area contributed by atoms with E-state index in [4.69, 9.17) is 9.47 Å². The molecule has 0 radical (unpaired) electrons. The van der Waals surface area contributed by atoms with Crippen LogP contribution in [0.3, 0.4) is 0 Å². The van der Waals surface area contributed by atoms with Gasteiger partial charge in [0.1, 0.15) is 18.2 Å². The van der Waals surface area contributed by atoms with Gasteiger partial charge < -0.3 is 29.6 Å². The second kappa shape index (κ2) is 12.4. The number of aryl methyl sites for hydroxylation is 1. The lowest BCUT2D eigenvalue weighted by atomic mass is 9.83. The van der Waals surface area contributed by atoms with Crippen LogP contribution in [0.2, 0.25) is 0 Å². The second-order valence-electron chi connectivity index (χ2n) is 12.9. The Balaban J connectivity index is 1.47. The first-order valence-electron chi connectivity index (χ1n) is 15.6. The number of hydrogen-bond donors (Lipinski definition) is 2. The molecule has 1 saturated carbocycles. The van der Waals surface area contributed by atoms with Crippen LogP contribution in [0.15, 0.2) is 36.2 Å². The van der Waals surface area contributed by atoms with Crippen LogP contribution in [-0.4, -0.2) is 76.7 Å². The number of esters is 1. The van der Waals surface area contributed by atoms with Crippen molar-refractivity contribution in [2.24, 2.45) is 5.92 Å². The lowest BCUT2D eigenvalue weighted by Gasteiger charge is -2.36. The molecule has 5 rings (SSSR count). The van der Waals surface area contributed by atoms with Crippen molar-refractivity contribution in [1.29, 1.82) is 0 Å². The molecule has 9 heteroatoms. The molecule has 3 atom stereocenters. The fourth-order valence-corrected chi connectivity index (χ4v) is 6.97. The van der Waals surface area contributed by atoms with Crippen LogP contribution in [0, 0.1) is 5.92 Å². The molecule has 1 aromatic heterocycles. The van der Waals surface area contributed by atoms with Gasteiger partial charge in [0.15, 0.2) is 0 Å². The van der Waals surface area contributed by atoms with Crippen molar-refractivity contribution in [3.8, 4) is 0 Å². The molecule has 3 unspecified atom stereocenters. The number of ether oxygens (including phenoxy) is 2. The number of carbonyl (C=O) groups is 3. The molecule has 2 amide bonds. The number of aromatic nitrogens is 1. The van der Waals surface area contributed by atoms with E-state index in [1.807, 2.05) is 32.6 Å². The van der Waals surface area contributed by atoms with Crippen LogP contribution in [-0.2, 0) is 25.5 Å². The third-order valence-electron chi connectivity index (χ3n) is 8.85. The van der Waals surface area contributed by atoms with E-state index in [1.165, 1.54) is 5.56 Å². The van der Waals surface area contributed by atoms with Gasteiger partial charge in [0.2, 0.25) is 5.91 Å². The topological polar surface area (TPSA) is 104 Å². The van der Waals surface area contributed by atoms with E-state index < -0.39 is 17.7 Å². The maximum absolute atomic E-state index is 14.5. The predicted molar refractivity (Wildman–Crippen MR) is 162 cm³/mol. The number of nitrogens with one attached hydrogen (secondary N) is 2. The van der Waals surface area contributed by atoms with Crippen LogP contribution in [0.25, 0.3) is 10.9 Å². The Hall–Kier alpha value is -3.49. The molecule has 1 aliphatic carbocycles. The summed E-state index contributed by atoms with van der Waals surface area (Å²) in [6, 6.07) is 5.59. The van der Waals surface area contributed by atoms with Crippen molar-refractivity contribution in [1.82, 2.24) is 20.1 Å². The van der Waals surface area contributed by atoms with E-state index in [0.29, 0.717) is 19.7 Å². The Morgan fingerprint density at radius 1 is 1.12 bits per heavy atom. The number of fused-ring (bicyclic) bond motifs is 2. The number of carbonyl (C=O) groups excluding carboxylic acids is 3. The van der Waals surface area contributed by atoms with Crippen LogP contribution >= 0.6 is 0 Å². The maximum atomic E-state index is 14.5. The summed E-state index contributed by atoms with van der Waals surface area (Å²) >= 11 is 0. The fourth-order valence-electron chi connectivity index (χ4n) is 6.97. The van der Waals surface area contributed by atoms with Gasteiger partial charge in [-0.05, 0) is 76.1 Å². The summed E-state index contributed by atoms with van der Waals surface area (Å²) in [5.41, 5.74) is 3.77. The number of rotatable bonds is 8. The van der Waals surface area contributed by atoms with Crippen LogP contribution < -0.4 is 5.32 Å². The molecule has 9 nitrogen and oxygen atoms in total. The smallest absolute Gasteiger partial charge is 0.408 e. The summed E-state index contributed by atoms with van der Waals surface area (Å²) in [5.74, 6) is -0.355. The number of benzene rings is 1. The van der Waals surface area contributed by atoms with Crippen molar-refractivity contribution in [3.63, 3.8) is 0 Å². The number of H-pyrrole nitrogens is 1. The summed E-state index contributed by atoms with van der Waals surface area (Å²) in [7, 11) is 0. The maximum Gasteiger partial charge on any atom is 0.408 e. The number of likely N-dealkylation sites (tertiary alicyclic amines) is 1. The Bertz CT molecular complexity index is 1340. The molecular formula is C33H46N4O5. The third-order valence-corrected chi connectivity index (χ3v) is 8.85. The Morgan fingerprint density at radius 2 is 1.88 bits per heavy atom. The molecule has 0 spiro atoms. The third kappa shape index (κ3) is 6.30. The van der Waals surface area contributed by atoms with Gasteiger partial charge in [-0.1, -0.05) is 38.3 Å². The number of nitrogens with zero attached hydrogens (tertiary/aromatic N) is 2. The second-order valence-corrected chi connectivity index (χ2v) is 12.9. The molecule has 42 heavy (non-hydrogen) atoms. The number of amides is 2. The van der Waals surface area contributed by atoms with Crippen molar-refractivity contribution >= 4 is 28.9 Å². The van der Waals surface area contributed by atoms with Gasteiger partial charge in [0.05, 0.1) is 12.6 Å². The van der Waals surface area contributed by atoms with E-state index >= 15 is 0 Å². The van der Waals surface area contributed by atoms with Crippen molar-refractivity contribution < 1.29 is 23.9 Å². The number of alkyl carbamates (subject to hydrolysis) is 1. The van der Waals surface area contributed by atoms with Gasteiger partial charge in [-0.2, -0.15) is 0 Å². The predicted octanol–water partition coefficient (Wildman–Crippen LogP) is 5.26. The van der Waals surface area contributed by atoms with E-state index in [0.717, 1.165) is 60.7 Å². The van der Waals surface area contributed by atoms with Gasteiger partial charge in [-0.15, -0.1) is 0 Å². The number of hydrogen-bond acceptors (Lipinski definition) is 6. The first kappa shape index (κ1) is 30.0. The molecule has 2 aliphatic heterocycles. The van der Waals surface area contributed by atoms with Gasteiger partial charge in [0.25, 0.3) is 0 Å². The molecule has 1 aromatic carbocycles. The van der Waals surface area contributed by atoms with E-state index in [-0.39, 0.29) is 36.3 Å². The summed E-state index contributed by atoms with van der Waals surface area (Å²) in [4.78, 5) is 47.5. The summed E-state index contributed by atoms with van der Waals surface area (Å²) in [5, 5.41) is 4.11. The average molecular weight is 579 g/mol. The largest absolute Gasteiger partial charge is 0.465 e. The fraction of sp³-hybridized carbons (Fsp3) is 0.606. The Morgan fingerprint density at radius 3 is 2.57 bits per heavy atom. The Labute approximate surface area is 249 Å². The zero-order valence-corrected chi connectivity index (χ0v) is 25.7.